The summed E-state index contributed by atoms with van der Waals surface area (Å²) in [5.74, 6) is 0.575. The lowest BCUT2D eigenvalue weighted by Crippen LogP contribution is -2.25. The second kappa shape index (κ2) is 7.73. The van der Waals surface area contributed by atoms with Crippen LogP contribution in [0.15, 0.2) is 42.5 Å². The number of fused-ring (bicyclic) bond motifs is 1. The van der Waals surface area contributed by atoms with E-state index in [1.54, 1.807) is 10.7 Å². The Morgan fingerprint density at radius 2 is 2.04 bits per heavy atom. The Hall–Kier alpha value is -2.70. The third-order valence-corrected chi connectivity index (χ3v) is 5.15. The van der Waals surface area contributed by atoms with E-state index in [9.17, 15) is 4.79 Å². The van der Waals surface area contributed by atoms with Crippen molar-refractivity contribution in [3.05, 3.63) is 70.3 Å². The van der Waals surface area contributed by atoms with Crippen molar-refractivity contribution in [1.29, 1.82) is 0 Å². The van der Waals surface area contributed by atoms with Crippen LogP contribution in [0.4, 0.5) is 5.69 Å². The molecule has 1 aromatic heterocycles. The molecule has 0 saturated heterocycles. The van der Waals surface area contributed by atoms with Gasteiger partial charge in [-0.05, 0) is 42.3 Å². The van der Waals surface area contributed by atoms with Gasteiger partial charge in [0, 0.05) is 18.2 Å². The maximum absolute atomic E-state index is 12.9. The highest BCUT2D eigenvalue weighted by molar-refractivity contribution is 6.32. The molecule has 0 aliphatic carbocycles. The third-order valence-electron chi connectivity index (χ3n) is 4.83. The number of carbonyl (C=O) groups is 1. The molecule has 1 amide bonds. The number of nitrogens with one attached hydrogen (secondary N) is 2. The molecule has 0 atom stereocenters. The molecule has 3 aromatic rings. The summed E-state index contributed by atoms with van der Waals surface area (Å²) in [5.41, 5.74) is 3.89. The van der Waals surface area contributed by atoms with Crippen molar-refractivity contribution in [2.45, 2.75) is 32.7 Å². The molecule has 0 bridgehead atoms. The van der Waals surface area contributed by atoms with Crippen LogP contribution in [0.1, 0.15) is 47.3 Å². The Morgan fingerprint density at radius 3 is 2.82 bits per heavy atom. The molecule has 0 spiro atoms. The molecular weight excluding hydrogens is 374 g/mol. The van der Waals surface area contributed by atoms with E-state index in [0.29, 0.717) is 16.5 Å². The Balaban J connectivity index is 1.68. The molecule has 0 unspecified atom stereocenters. The number of benzene rings is 2. The minimum atomic E-state index is -0.327. The smallest absolute Gasteiger partial charge is 0.295 e. The lowest BCUT2D eigenvalue weighted by Gasteiger charge is -2.20. The largest absolute Gasteiger partial charge is 0.319 e. The van der Waals surface area contributed by atoms with Crippen LogP contribution in [0.3, 0.4) is 0 Å². The minimum absolute atomic E-state index is 0.0824. The number of halogens is 1. The summed E-state index contributed by atoms with van der Waals surface area (Å²) in [5, 5.41) is 11.4. The number of rotatable bonds is 4. The highest BCUT2D eigenvalue weighted by atomic mass is 35.5. The molecule has 1 aliphatic rings. The first kappa shape index (κ1) is 18.7. The summed E-state index contributed by atoms with van der Waals surface area (Å²) in [6.07, 6.45) is 0.954. The number of nitrogens with zero attached hydrogens (tertiary/aromatic N) is 3. The van der Waals surface area contributed by atoms with Gasteiger partial charge in [-0.1, -0.05) is 49.7 Å². The summed E-state index contributed by atoms with van der Waals surface area (Å²) in [6.45, 7) is 5.72. The summed E-state index contributed by atoms with van der Waals surface area (Å²) in [4.78, 5) is 17.4. The molecule has 6 nitrogen and oxygen atoms in total. The van der Waals surface area contributed by atoms with E-state index in [2.05, 4.69) is 26.8 Å². The fourth-order valence-electron chi connectivity index (χ4n) is 3.40. The number of carbonyl (C=O) groups excluding carboxylic acids is 1. The van der Waals surface area contributed by atoms with E-state index >= 15 is 0 Å². The summed E-state index contributed by atoms with van der Waals surface area (Å²) in [7, 11) is 0. The zero-order chi connectivity index (χ0) is 19.7. The van der Waals surface area contributed by atoms with Crippen molar-refractivity contribution < 1.29 is 4.79 Å². The Bertz CT molecular complexity index is 1030. The van der Waals surface area contributed by atoms with Crippen LogP contribution in [0.5, 0.6) is 0 Å². The minimum Gasteiger partial charge on any atom is -0.319 e. The van der Waals surface area contributed by atoms with Gasteiger partial charge in [-0.3, -0.25) is 4.79 Å². The predicted octanol–water partition coefficient (Wildman–Crippen LogP) is 3.94. The standard InChI is InChI=1S/C21H22ClN5O/c1-13(2)20-25-19(26-27(20)18-9-4-3-7-16(18)22)21(28)24-17-8-5-6-14-10-11-23-12-15(14)17/h3-9,13,23H,10-12H2,1-2H3,(H,24,28). The van der Waals surface area contributed by atoms with Crippen LogP contribution in [-0.4, -0.2) is 27.2 Å². The second-order valence-corrected chi connectivity index (χ2v) is 7.54. The van der Waals surface area contributed by atoms with Crippen molar-refractivity contribution in [3.8, 4) is 5.69 Å². The molecule has 7 heteroatoms. The fraction of sp³-hybridized carbons (Fsp3) is 0.286. The molecule has 2 N–H and O–H groups in total. The zero-order valence-electron chi connectivity index (χ0n) is 15.9. The summed E-state index contributed by atoms with van der Waals surface area (Å²) >= 11 is 6.34. The van der Waals surface area contributed by atoms with Crippen molar-refractivity contribution in [3.63, 3.8) is 0 Å². The topological polar surface area (TPSA) is 71.8 Å². The quantitative estimate of drug-likeness (QED) is 0.701. The van der Waals surface area contributed by atoms with Gasteiger partial charge in [0.05, 0.1) is 10.7 Å². The van der Waals surface area contributed by atoms with E-state index in [4.69, 9.17) is 11.6 Å². The van der Waals surface area contributed by atoms with Crippen LogP contribution in [0.2, 0.25) is 5.02 Å². The Kier molecular flexibility index (Phi) is 5.15. The molecule has 2 aromatic carbocycles. The average molecular weight is 396 g/mol. The lowest BCUT2D eigenvalue weighted by molar-refractivity contribution is 0.101. The summed E-state index contributed by atoms with van der Waals surface area (Å²) < 4.78 is 1.66. The normalized spacial score (nSPS) is 13.4. The third kappa shape index (κ3) is 3.53. The molecule has 0 saturated carbocycles. The number of hydrogen-bond acceptors (Lipinski definition) is 4. The highest BCUT2D eigenvalue weighted by Gasteiger charge is 2.22. The maximum atomic E-state index is 12.9. The van der Waals surface area contributed by atoms with Gasteiger partial charge in [0.2, 0.25) is 5.82 Å². The molecule has 2 heterocycles. The van der Waals surface area contributed by atoms with Gasteiger partial charge in [-0.25, -0.2) is 9.67 Å². The number of amides is 1. The van der Waals surface area contributed by atoms with Crippen LogP contribution in [0, 0.1) is 0 Å². The van der Waals surface area contributed by atoms with E-state index in [0.717, 1.165) is 30.8 Å². The zero-order valence-corrected chi connectivity index (χ0v) is 16.6. The molecule has 144 valence electrons. The first-order valence-electron chi connectivity index (χ1n) is 9.39. The SMILES string of the molecule is CC(C)c1nc(C(=O)Nc2cccc3c2CNCC3)nn1-c1ccccc1Cl. The van der Waals surface area contributed by atoms with Gasteiger partial charge in [-0.15, -0.1) is 5.10 Å². The van der Waals surface area contributed by atoms with E-state index in [1.165, 1.54) is 5.56 Å². The monoisotopic (exact) mass is 395 g/mol. The van der Waals surface area contributed by atoms with E-state index in [1.807, 2.05) is 44.2 Å². The molecular formula is C21H22ClN5O. The fourth-order valence-corrected chi connectivity index (χ4v) is 3.62. The lowest BCUT2D eigenvalue weighted by atomic mass is 9.99. The van der Waals surface area contributed by atoms with E-state index in [-0.39, 0.29) is 17.6 Å². The van der Waals surface area contributed by atoms with Crippen LogP contribution in [0.25, 0.3) is 5.69 Å². The Morgan fingerprint density at radius 1 is 1.21 bits per heavy atom. The van der Waals surface area contributed by atoms with Crippen molar-refractivity contribution >= 4 is 23.2 Å². The number of para-hydroxylation sites is 1. The number of hydrogen-bond donors (Lipinski definition) is 2. The Labute approximate surface area is 168 Å². The predicted molar refractivity (Wildman–Crippen MR) is 110 cm³/mol. The van der Waals surface area contributed by atoms with Gasteiger partial charge in [0.25, 0.3) is 5.91 Å². The molecule has 4 rings (SSSR count). The van der Waals surface area contributed by atoms with Gasteiger partial charge in [-0.2, -0.15) is 0 Å². The van der Waals surface area contributed by atoms with Gasteiger partial charge in [0.15, 0.2) is 0 Å². The van der Waals surface area contributed by atoms with E-state index < -0.39 is 0 Å². The second-order valence-electron chi connectivity index (χ2n) is 7.14. The van der Waals surface area contributed by atoms with Crippen LogP contribution >= 0.6 is 11.6 Å². The van der Waals surface area contributed by atoms with Crippen molar-refractivity contribution in [2.24, 2.45) is 0 Å². The molecule has 0 radical (unpaired) electrons. The van der Waals surface area contributed by atoms with Gasteiger partial charge in [0.1, 0.15) is 5.82 Å². The maximum Gasteiger partial charge on any atom is 0.295 e. The van der Waals surface area contributed by atoms with Crippen molar-refractivity contribution in [1.82, 2.24) is 20.1 Å². The number of anilines is 1. The number of aromatic nitrogens is 3. The van der Waals surface area contributed by atoms with Crippen LogP contribution < -0.4 is 10.6 Å². The first-order valence-corrected chi connectivity index (χ1v) is 9.77. The van der Waals surface area contributed by atoms with Gasteiger partial charge < -0.3 is 10.6 Å². The summed E-state index contributed by atoms with van der Waals surface area (Å²) in [6, 6.07) is 13.4. The first-order chi connectivity index (χ1) is 13.5. The van der Waals surface area contributed by atoms with Crippen molar-refractivity contribution in [2.75, 3.05) is 11.9 Å². The molecule has 1 aliphatic heterocycles. The average Bonchev–Trinajstić information content (AvgIpc) is 3.14. The highest BCUT2D eigenvalue weighted by Crippen LogP contribution is 2.25. The van der Waals surface area contributed by atoms with Gasteiger partial charge >= 0.3 is 0 Å². The molecule has 0 fully saturated rings. The van der Waals surface area contributed by atoms with Crippen LogP contribution in [-0.2, 0) is 13.0 Å². The molecule has 28 heavy (non-hydrogen) atoms.